The first-order valence-corrected chi connectivity index (χ1v) is 10.3. The van der Waals surface area contributed by atoms with Crippen LogP contribution in [0.5, 0.6) is 0 Å². The highest BCUT2D eigenvalue weighted by molar-refractivity contribution is 6.01. The summed E-state index contributed by atoms with van der Waals surface area (Å²) in [6.07, 6.45) is 0.0565. The maximum absolute atomic E-state index is 13.2. The standard InChI is InChI=1S/C27H18F3N3O/c1-17(34)5-8-21-16-32-25-12-11-20(19-9-6-18(15-31)7-10-19)13-24(25)26(21)33-23-4-2-3-22(14-23)27(28,29)30/h2-14,16H,1H3,(H,32,33)/b8-5+. The number of hydrogen-bond donors (Lipinski definition) is 1. The second-order valence-corrected chi connectivity index (χ2v) is 7.66. The van der Waals surface area contributed by atoms with Gasteiger partial charge in [-0.15, -0.1) is 0 Å². The lowest BCUT2D eigenvalue weighted by Gasteiger charge is -2.15. The molecule has 0 aliphatic heterocycles. The number of rotatable bonds is 5. The molecule has 0 atom stereocenters. The van der Waals surface area contributed by atoms with Crippen LogP contribution in [0.25, 0.3) is 28.1 Å². The molecule has 1 aromatic heterocycles. The van der Waals surface area contributed by atoms with Crippen LogP contribution >= 0.6 is 0 Å². The number of alkyl halides is 3. The normalized spacial score (nSPS) is 11.5. The lowest BCUT2D eigenvalue weighted by Crippen LogP contribution is -2.05. The van der Waals surface area contributed by atoms with Crippen molar-refractivity contribution >= 4 is 34.1 Å². The number of pyridine rings is 1. The minimum atomic E-state index is -4.47. The predicted octanol–water partition coefficient (Wildman–Crippen LogP) is 7.14. The molecule has 0 radical (unpaired) electrons. The predicted molar refractivity (Wildman–Crippen MR) is 126 cm³/mol. The van der Waals surface area contributed by atoms with Crippen molar-refractivity contribution in [2.24, 2.45) is 0 Å². The Morgan fingerprint density at radius 2 is 1.76 bits per heavy atom. The first-order chi connectivity index (χ1) is 16.2. The van der Waals surface area contributed by atoms with Gasteiger partial charge in [0.15, 0.2) is 5.78 Å². The molecule has 0 bridgehead atoms. The van der Waals surface area contributed by atoms with E-state index in [1.807, 2.05) is 30.3 Å². The van der Waals surface area contributed by atoms with Gasteiger partial charge in [0, 0.05) is 22.8 Å². The van der Waals surface area contributed by atoms with E-state index in [0.29, 0.717) is 27.7 Å². The number of anilines is 2. The van der Waals surface area contributed by atoms with Crippen molar-refractivity contribution in [1.29, 1.82) is 5.26 Å². The third-order valence-corrected chi connectivity index (χ3v) is 5.20. The van der Waals surface area contributed by atoms with E-state index in [4.69, 9.17) is 5.26 Å². The Morgan fingerprint density at radius 1 is 1.03 bits per heavy atom. The molecule has 4 rings (SSSR count). The third-order valence-electron chi connectivity index (χ3n) is 5.20. The Morgan fingerprint density at radius 3 is 2.44 bits per heavy atom. The number of benzene rings is 3. The highest BCUT2D eigenvalue weighted by atomic mass is 19.4. The number of hydrogen-bond acceptors (Lipinski definition) is 4. The van der Waals surface area contributed by atoms with Crippen LogP contribution in [0.2, 0.25) is 0 Å². The molecule has 4 nitrogen and oxygen atoms in total. The summed E-state index contributed by atoms with van der Waals surface area (Å²) in [6.45, 7) is 1.41. The summed E-state index contributed by atoms with van der Waals surface area (Å²) in [5.41, 5.74) is 3.45. The largest absolute Gasteiger partial charge is 0.416 e. The second kappa shape index (κ2) is 9.20. The number of fused-ring (bicyclic) bond motifs is 1. The smallest absolute Gasteiger partial charge is 0.354 e. The van der Waals surface area contributed by atoms with Crippen LogP contribution in [0.3, 0.4) is 0 Å². The molecule has 0 fully saturated rings. The molecule has 1 heterocycles. The first kappa shape index (κ1) is 22.7. The fourth-order valence-corrected chi connectivity index (χ4v) is 3.52. The molecule has 4 aromatic rings. The number of allylic oxidation sites excluding steroid dienone is 1. The van der Waals surface area contributed by atoms with Crippen molar-refractivity contribution < 1.29 is 18.0 Å². The number of nitrogens with zero attached hydrogens (tertiary/aromatic N) is 2. The fourth-order valence-electron chi connectivity index (χ4n) is 3.52. The van der Waals surface area contributed by atoms with Crippen LogP contribution in [-0.4, -0.2) is 10.8 Å². The van der Waals surface area contributed by atoms with Gasteiger partial charge in [-0.1, -0.05) is 24.3 Å². The van der Waals surface area contributed by atoms with E-state index in [9.17, 15) is 18.0 Å². The van der Waals surface area contributed by atoms with Crippen LogP contribution in [0.1, 0.15) is 23.6 Å². The summed E-state index contributed by atoms with van der Waals surface area (Å²) in [4.78, 5) is 16.0. The molecule has 0 aliphatic carbocycles. The second-order valence-electron chi connectivity index (χ2n) is 7.66. The van der Waals surface area contributed by atoms with Gasteiger partial charge in [-0.25, -0.2) is 0 Å². The molecular formula is C27H18F3N3O. The summed E-state index contributed by atoms with van der Waals surface area (Å²) in [6, 6.07) is 19.7. The molecule has 0 saturated heterocycles. The molecule has 1 N–H and O–H groups in total. The van der Waals surface area contributed by atoms with Crippen LogP contribution in [0, 0.1) is 11.3 Å². The number of nitrogens with one attached hydrogen (secondary N) is 1. The van der Waals surface area contributed by atoms with Gasteiger partial charge in [0.1, 0.15) is 0 Å². The summed E-state index contributed by atoms with van der Waals surface area (Å²) in [5.74, 6) is -0.170. The quantitative estimate of drug-likeness (QED) is 0.324. The SMILES string of the molecule is CC(=O)/C=C/c1cnc2ccc(-c3ccc(C#N)cc3)cc2c1Nc1cccc(C(F)(F)F)c1. The Bertz CT molecular complexity index is 1450. The van der Waals surface area contributed by atoms with Crippen molar-refractivity contribution in [2.45, 2.75) is 13.1 Å². The minimum Gasteiger partial charge on any atom is -0.354 e. The Hall–Kier alpha value is -4.44. The van der Waals surface area contributed by atoms with E-state index in [2.05, 4.69) is 16.4 Å². The molecule has 34 heavy (non-hydrogen) atoms. The van der Waals surface area contributed by atoms with E-state index in [1.165, 1.54) is 19.1 Å². The number of ketones is 1. The minimum absolute atomic E-state index is 0.170. The van der Waals surface area contributed by atoms with Gasteiger partial charge in [0.05, 0.1) is 28.4 Å². The molecular weight excluding hydrogens is 439 g/mol. The maximum atomic E-state index is 13.2. The van der Waals surface area contributed by atoms with Crippen LogP contribution in [-0.2, 0) is 11.0 Å². The topological polar surface area (TPSA) is 65.8 Å². The highest BCUT2D eigenvalue weighted by Crippen LogP contribution is 2.35. The van der Waals surface area contributed by atoms with Crippen molar-refractivity contribution in [1.82, 2.24) is 4.98 Å². The Kier molecular flexibility index (Phi) is 6.15. The van der Waals surface area contributed by atoms with Crippen molar-refractivity contribution in [3.05, 3.63) is 95.7 Å². The van der Waals surface area contributed by atoms with Gasteiger partial charge >= 0.3 is 6.18 Å². The Balaban J connectivity index is 1.87. The van der Waals surface area contributed by atoms with E-state index < -0.39 is 11.7 Å². The van der Waals surface area contributed by atoms with Crippen LogP contribution < -0.4 is 5.32 Å². The average Bonchev–Trinajstić information content (AvgIpc) is 2.83. The van der Waals surface area contributed by atoms with Crippen molar-refractivity contribution in [2.75, 3.05) is 5.32 Å². The van der Waals surface area contributed by atoms with Gasteiger partial charge in [-0.3, -0.25) is 9.78 Å². The zero-order valence-electron chi connectivity index (χ0n) is 18.0. The number of carbonyl (C=O) groups excluding carboxylic acids is 1. The maximum Gasteiger partial charge on any atom is 0.416 e. The fraction of sp³-hybridized carbons (Fsp3) is 0.0741. The zero-order chi connectivity index (χ0) is 24.3. The Labute approximate surface area is 194 Å². The monoisotopic (exact) mass is 457 g/mol. The van der Waals surface area contributed by atoms with Gasteiger partial charge < -0.3 is 5.32 Å². The van der Waals surface area contributed by atoms with E-state index in [-0.39, 0.29) is 11.5 Å². The van der Waals surface area contributed by atoms with Gasteiger partial charge in [0.25, 0.3) is 0 Å². The molecule has 168 valence electrons. The number of aromatic nitrogens is 1. The molecule has 0 amide bonds. The third kappa shape index (κ3) is 4.97. The first-order valence-electron chi connectivity index (χ1n) is 10.3. The van der Waals surface area contributed by atoms with E-state index in [0.717, 1.165) is 23.3 Å². The summed E-state index contributed by atoms with van der Waals surface area (Å²) in [5, 5.41) is 12.8. The lowest BCUT2D eigenvalue weighted by molar-refractivity contribution is -0.137. The molecule has 3 aromatic carbocycles. The molecule has 0 unspecified atom stereocenters. The number of carbonyl (C=O) groups is 1. The summed E-state index contributed by atoms with van der Waals surface area (Å²) in [7, 11) is 0. The molecule has 0 saturated carbocycles. The van der Waals surface area contributed by atoms with Gasteiger partial charge in [-0.05, 0) is 72.7 Å². The molecule has 0 spiro atoms. The molecule has 7 heteroatoms. The highest BCUT2D eigenvalue weighted by Gasteiger charge is 2.30. The van der Waals surface area contributed by atoms with Crippen LogP contribution in [0.15, 0.2) is 79.0 Å². The van der Waals surface area contributed by atoms with Crippen molar-refractivity contribution in [3.8, 4) is 17.2 Å². The lowest BCUT2D eigenvalue weighted by atomic mass is 10.00. The molecule has 0 aliphatic rings. The van der Waals surface area contributed by atoms with Gasteiger partial charge in [-0.2, -0.15) is 18.4 Å². The summed E-state index contributed by atoms with van der Waals surface area (Å²) >= 11 is 0. The zero-order valence-corrected chi connectivity index (χ0v) is 18.0. The van der Waals surface area contributed by atoms with E-state index in [1.54, 1.807) is 30.5 Å². The summed E-state index contributed by atoms with van der Waals surface area (Å²) < 4.78 is 39.7. The average molecular weight is 457 g/mol. The van der Waals surface area contributed by atoms with E-state index >= 15 is 0 Å². The van der Waals surface area contributed by atoms with Crippen molar-refractivity contribution in [3.63, 3.8) is 0 Å². The number of halogens is 3. The number of nitriles is 1. The van der Waals surface area contributed by atoms with Gasteiger partial charge in [0.2, 0.25) is 0 Å². The van der Waals surface area contributed by atoms with Crippen LogP contribution in [0.4, 0.5) is 24.5 Å².